The molecule has 0 saturated carbocycles. The van der Waals surface area contributed by atoms with Crippen LogP contribution in [0, 0.1) is 5.82 Å². The van der Waals surface area contributed by atoms with Gasteiger partial charge in [-0.1, -0.05) is 11.6 Å². The van der Waals surface area contributed by atoms with Gasteiger partial charge in [-0.25, -0.2) is 17.1 Å². The van der Waals surface area contributed by atoms with Crippen LogP contribution < -0.4 is 10.1 Å². The summed E-state index contributed by atoms with van der Waals surface area (Å²) < 4.78 is 43.8. The Morgan fingerprint density at radius 1 is 1.20 bits per heavy atom. The van der Waals surface area contributed by atoms with Gasteiger partial charge in [0.05, 0.1) is 28.3 Å². The maximum atomic E-state index is 13.1. The van der Waals surface area contributed by atoms with Crippen molar-refractivity contribution in [1.29, 1.82) is 0 Å². The maximum absolute atomic E-state index is 13.1. The van der Waals surface area contributed by atoms with E-state index in [-0.39, 0.29) is 26.9 Å². The number of sulfonamides is 1. The average molecular weight is 387 g/mol. The molecule has 1 amide bonds. The van der Waals surface area contributed by atoms with Crippen LogP contribution in [-0.2, 0) is 10.0 Å². The van der Waals surface area contributed by atoms with Crippen molar-refractivity contribution in [2.45, 2.75) is 4.90 Å². The van der Waals surface area contributed by atoms with Crippen LogP contribution in [0.2, 0.25) is 5.02 Å². The highest BCUT2D eigenvalue weighted by Gasteiger charge is 2.20. The lowest BCUT2D eigenvalue weighted by Gasteiger charge is -2.15. The second-order valence-electron chi connectivity index (χ2n) is 5.23. The quantitative estimate of drug-likeness (QED) is 0.857. The number of amides is 1. The van der Waals surface area contributed by atoms with E-state index in [9.17, 15) is 17.6 Å². The molecule has 0 fully saturated rings. The van der Waals surface area contributed by atoms with Crippen molar-refractivity contribution in [3.05, 3.63) is 52.8 Å². The minimum atomic E-state index is -3.69. The molecular weight excluding hydrogens is 371 g/mol. The minimum absolute atomic E-state index is 0.0150. The number of nitrogens with zero attached hydrogens (tertiary/aromatic N) is 1. The van der Waals surface area contributed by atoms with Crippen LogP contribution in [0.25, 0.3) is 0 Å². The van der Waals surface area contributed by atoms with Gasteiger partial charge in [-0.3, -0.25) is 4.79 Å². The molecule has 6 nitrogen and oxygen atoms in total. The molecule has 134 valence electrons. The SMILES string of the molecule is COc1ccc(S(=O)(=O)N(C)C)cc1NC(=O)c1ccc(F)cc1Cl. The third-order valence-electron chi connectivity index (χ3n) is 3.37. The molecule has 0 aliphatic carbocycles. The van der Waals surface area contributed by atoms with E-state index < -0.39 is 21.7 Å². The Labute approximate surface area is 150 Å². The summed E-state index contributed by atoms with van der Waals surface area (Å²) >= 11 is 5.88. The van der Waals surface area contributed by atoms with E-state index in [0.717, 1.165) is 16.4 Å². The molecule has 9 heteroatoms. The second-order valence-corrected chi connectivity index (χ2v) is 7.79. The Hall–Kier alpha value is -2.16. The zero-order chi connectivity index (χ0) is 18.8. The molecule has 0 aliphatic heterocycles. The van der Waals surface area contributed by atoms with E-state index in [1.165, 1.54) is 45.5 Å². The Bertz CT molecular complexity index is 916. The van der Waals surface area contributed by atoms with Gasteiger partial charge in [0.25, 0.3) is 5.91 Å². The van der Waals surface area contributed by atoms with Crippen LogP contribution in [-0.4, -0.2) is 39.8 Å². The molecule has 2 aromatic carbocycles. The smallest absolute Gasteiger partial charge is 0.257 e. The Morgan fingerprint density at radius 3 is 2.44 bits per heavy atom. The largest absolute Gasteiger partial charge is 0.495 e. The first kappa shape index (κ1) is 19.2. The topological polar surface area (TPSA) is 75.7 Å². The molecular formula is C16H16ClFN2O4S. The summed E-state index contributed by atoms with van der Waals surface area (Å²) in [6.45, 7) is 0. The van der Waals surface area contributed by atoms with Crippen molar-refractivity contribution in [3.63, 3.8) is 0 Å². The van der Waals surface area contributed by atoms with Gasteiger partial charge in [0, 0.05) is 14.1 Å². The number of rotatable bonds is 5. The molecule has 0 heterocycles. The van der Waals surface area contributed by atoms with Crippen LogP contribution in [0.4, 0.5) is 10.1 Å². The fourth-order valence-electron chi connectivity index (χ4n) is 2.02. The average Bonchev–Trinajstić information content (AvgIpc) is 2.54. The maximum Gasteiger partial charge on any atom is 0.257 e. The van der Waals surface area contributed by atoms with Crippen molar-refractivity contribution < 1.29 is 22.3 Å². The fourth-order valence-corrected chi connectivity index (χ4v) is 3.20. The number of carbonyl (C=O) groups is 1. The molecule has 0 unspecified atom stereocenters. The number of hydrogen-bond donors (Lipinski definition) is 1. The normalized spacial score (nSPS) is 11.4. The lowest BCUT2D eigenvalue weighted by atomic mass is 10.2. The third-order valence-corrected chi connectivity index (χ3v) is 5.50. The van der Waals surface area contributed by atoms with Crippen molar-refractivity contribution in [2.24, 2.45) is 0 Å². The number of carbonyl (C=O) groups excluding carboxylic acids is 1. The molecule has 2 rings (SSSR count). The first-order chi connectivity index (χ1) is 11.7. The minimum Gasteiger partial charge on any atom is -0.495 e. The molecule has 0 radical (unpaired) electrons. The summed E-state index contributed by atoms with van der Waals surface area (Å²) in [5, 5.41) is 2.47. The number of benzene rings is 2. The Morgan fingerprint density at radius 2 is 1.88 bits per heavy atom. The summed E-state index contributed by atoms with van der Waals surface area (Å²) in [7, 11) is 0.495. The Balaban J connectivity index is 2.42. The monoisotopic (exact) mass is 386 g/mol. The molecule has 0 bridgehead atoms. The van der Waals surface area contributed by atoms with Crippen molar-refractivity contribution >= 4 is 33.2 Å². The summed E-state index contributed by atoms with van der Waals surface area (Å²) in [5.41, 5.74) is 0.196. The van der Waals surface area contributed by atoms with E-state index in [0.29, 0.717) is 0 Å². The first-order valence-electron chi connectivity index (χ1n) is 7.03. The highest BCUT2D eigenvalue weighted by Crippen LogP contribution is 2.29. The highest BCUT2D eigenvalue weighted by atomic mass is 35.5. The number of nitrogens with one attached hydrogen (secondary N) is 1. The highest BCUT2D eigenvalue weighted by molar-refractivity contribution is 7.89. The molecule has 1 N–H and O–H groups in total. The van der Waals surface area contributed by atoms with Gasteiger partial charge in [-0.15, -0.1) is 0 Å². The van der Waals surface area contributed by atoms with E-state index >= 15 is 0 Å². The summed E-state index contributed by atoms with van der Waals surface area (Å²) in [4.78, 5) is 12.4. The van der Waals surface area contributed by atoms with Crippen LogP contribution >= 0.6 is 11.6 Å². The summed E-state index contributed by atoms with van der Waals surface area (Å²) in [6.07, 6.45) is 0. The van der Waals surface area contributed by atoms with Crippen molar-refractivity contribution in [2.75, 3.05) is 26.5 Å². The van der Waals surface area contributed by atoms with Gasteiger partial charge in [0.2, 0.25) is 10.0 Å². The van der Waals surface area contributed by atoms with Crippen LogP contribution in [0.5, 0.6) is 5.75 Å². The van der Waals surface area contributed by atoms with Gasteiger partial charge >= 0.3 is 0 Å². The van der Waals surface area contributed by atoms with Gasteiger partial charge < -0.3 is 10.1 Å². The van der Waals surface area contributed by atoms with Crippen LogP contribution in [0.15, 0.2) is 41.3 Å². The number of halogens is 2. The van der Waals surface area contributed by atoms with Crippen LogP contribution in [0.1, 0.15) is 10.4 Å². The molecule has 25 heavy (non-hydrogen) atoms. The Kier molecular flexibility index (Phi) is 5.66. The predicted molar refractivity (Wildman–Crippen MR) is 93.2 cm³/mol. The first-order valence-corrected chi connectivity index (χ1v) is 8.85. The van der Waals surface area contributed by atoms with Crippen molar-refractivity contribution in [3.8, 4) is 5.75 Å². The van der Waals surface area contributed by atoms with Gasteiger partial charge in [0.1, 0.15) is 11.6 Å². The fraction of sp³-hybridized carbons (Fsp3) is 0.188. The summed E-state index contributed by atoms with van der Waals surface area (Å²) in [5.74, 6) is -0.926. The molecule has 0 saturated heterocycles. The number of anilines is 1. The molecule has 0 spiro atoms. The third kappa shape index (κ3) is 4.09. The van der Waals surface area contributed by atoms with Gasteiger partial charge in [-0.05, 0) is 36.4 Å². The second kappa shape index (κ2) is 7.38. The van der Waals surface area contributed by atoms with E-state index in [1.807, 2.05) is 0 Å². The van der Waals surface area contributed by atoms with Gasteiger partial charge in [-0.2, -0.15) is 0 Å². The number of hydrogen-bond acceptors (Lipinski definition) is 4. The molecule has 2 aromatic rings. The van der Waals surface area contributed by atoms with E-state index in [1.54, 1.807) is 0 Å². The molecule has 0 aromatic heterocycles. The van der Waals surface area contributed by atoms with Gasteiger partial charge in [0.15, 0.2) is 0 Å². The molecule has 0 atom stereocenters. The number of methoxy groups -OCH3 is 1. The van der Waals surface area contributed by atoms with E-state index in [4.69, 9.17) is 16.3 Å². The predicted octanol–water partition coefficient (Wildman–Crippen LogP) is 2.99. The molecule has 0 aliphatic rings. The van der Waals surface area contributed by atoms with E-state index in [2.05, 4.69) is 5.32 Å². The summed E-state index contributed by atoms with van der Waals surface area (Å²) in [6, 6.07) is 7.43. The van der Waals surface area contributed by atoms with Crippen LogP contribution in [0.3, 0.4) is 0 Å². The lowest BCUT2D eigenvalue weighted by Crippen LogP contribution is -2.22. The number of ether oxygens (including phenoxy) is 1. The zero-order valence-electron chi connectivity index (χ0n) is 13.7. The van der Waals surface area contributed by atoms with Crippen molar-refractivity contribution in [1.82, 2.24) is 4.31 Å². The standard InChI is InChI=1S/C16H16ClFN2O4S/c1-20(2)25(22,23)11-5-7-15(24-3)14(9-11)19-16(21)12-6-4-10(18)8-13(12)17/h4-9H,1-3H3,(H,19,21). The zero-order valence-corrected chi connectivity index (χ0v) is 15.3. The lowest BCUT2D eigenvalue weighted by molar-refractivity contribution is 0.102.